The number of rotatable bonds is 3. The van der Waals surface area contributed by atoms with Crippen molar-refractivity contribution in [2.45, 2.75) is 6.92 Å². The molecular formula is C16H12BrN3O2. The zero-order valence-electron chi connectivity index (χ0n) is 11.7. The lowest BCUT2D eigenvalue weighted by Gasteiger charge is -2.05. The number of amides is 1. The molecule has 3 aromatic rings. The molecule has 0 spiro atoms. The minimum Gasteiger partial charge on any atom is -0.444 e. The van der Waals surface area contributed by atoms with E-state index in [4.69, 9.17) is 4.42 Å². The summed E-state index contributed by atoms with van der Waals surface area (Å²) >= 11 is 3.32. The lowest BCUT2D eigenvalue weighted by atomic mass is 10.2. The van der Waals surface area contributed by atoms with Gasteiger partial charge in [0.1, 0.15) is 10.9 Å². The molecule has 0 aliphatic carbocycles. The Balaban J connectivity index is 1.80. The molecule has 0 radical (unpaired) electrons. The second-order valence-corrected chi connectivity index (χ2v) is 5.40. The number of hydrogen-bond acceptors (Lipinski definition) is 4. The molecule has 0 fully saturated rings. The van der Waals surface area contributed by atoms with Gasteiger partial charge >= 0.3 is 0 Å². The lowest BCUT2D eigenvalue weighted by Crippen LogP contribution is -2.13. The molecule has 1 aromatic carbocycles. The number of nitrogens with zero attached hydrogens (tertiary/aromatic N) is 2. The van der Waals surface area contributed by atoms with Crippen LogP contribution in [-0.4, -0.2) is 15.9 Å². The van der Waals surface area contributed by atoms with E-state index in [1.54, 1.807) is 6.07 Å². The largest absolute Gasteiger partial charge is 0.444 e. The first-order valence-corrected chi connectivity index (χ1v) is 7.38. The summed E-state index contributed by atoms with van der Waals surface area (Å²) in [5, 5.41) is 2.75. The van der Waals surface area contributed by atoms with Gasteiger partial charge in [-0.2, -0.15) is 0 Å². The van der Waals surface area contributed by atoms with Gasteiger partial charge in [-0.05, 0) is 47.1 Å². The number of hydrogen-bond donors (Lipinski definition) is 1. The number of pyridine rings is 1. The van der Waals surface area contributed by atoms with Gasteiger partial charge in [-0.15, -0.1) is 0 Å². The van der Waals surface area contributed by atoms with Crippen molar-refractivity contribution < 1.29 is 9.21 Å². The Labute approximate surface area is 135 Å². The van der Waals surface area contributed by atoms with E-state index in [1.807, 2.05) is 43.3 Å². The number of halogens is 1. The molecule has 0 unspecified atom stereocenters. The highest BCUT2D eigenvalue weighted by atomic mass is 79.9. The molecule has 1 N–H and O–H groups in total. The fraction of sp³-hybridized carbons (Fsp3) is 0.0625. The summed E-state index contributed by atoms with van der Waals surface area (Å²) in [6.07, 6.45) is 1.34. The number of oxazole rings is 1. The molecule has 2 aromatic heterocycles. The predicted octanol–water partition coefficient (Wildman–Crippen LogP) is 4.06. The molecule has 6 heteroatoms. The van der Waals surface area contributed by atoms with Gasteiger partial charge in [0, 0.05) is 11.3 Å². The summed E-state index contributed by atoms with van der Waals surface area (Å²) in [7, 11) is 0. The van der Waals surface area contributed by atoms with Crippen LogP contribution < -0.4 is 5.32 Å². The average molecular weight is 358 g/mol. The second-order valence-electron chi connectivity index (χ2n) is 4.65. The van der Waals surface area contributed by atoms with Crippen LogP contribution in [0.3, 0.4) is 0 Å². The van der Waals surface area contributed by atoms with Crippen LogP contribution >= 0.6 is 15.9 Å². The molecule has 0 bridgehead atoms. The third-order valence-corrected chi connectivity index (χ3v) is 3.60. The minimum absolute atomic E-state index is 0.214. The van der Waals surface area contributed by atoms with Crippen LogP contribution in [-0.2, 0) is 0 Å². The molecular weight excluding hydrogens is 346 g/mol. The zero-order valence-corrected chi connectivity index (χ0v) is 13.3. The van der Waals surface area contributed by atoms with Crippen molar-refractivity contribution in [1.29, 1.82) is 0 Å². The van der Waals surface area contributed by atoms with Crippen LogP contribution in [0.25, 0.3) is 11.5 Å². The number of benzene rings is 1. The summed E-state index contributed by atoms with van der Waals surface area (Å²) in [4.78, 5) is 20.7. The van der Waals surface area contributed by atoms with Gasteiger partial charge in [0.2, 0.25) is 5.89 Å². The van der Waals surface area contributed by atoms with Crippen LogP contribution in [0.2, 0.25) is 0 Å². The number of aryl methyl sites for hydroxylation is 1. The maximum Gasteiger partial charge on any atom is 0.277 e. The van der Waals surface area contributed by atoms with Crippen molar-refractivity contribution in [2.24, 2.45) is 0 Å². The molecule has 0 saturated carbocycles. The summed E-state index contributed by atoms with van der Waals surface area (Å²) in [6.45, 7) is 1.88. The molecule has 3 rings (SSSR count). The first-order chi connectivity index (χ1) is 10.6. The van der Waals surface area contributed by atoms with E-state index in [0.29, 0.717) is 16.2 Å². The van der Waals surface area contributed by atoms with Gasteiger partial charge in [0.25, 0.3) is 5.91 Å². The monoisotopic (exact) mass is 357 g/mol. The van der Waals surface area contributed by atoms with Crippen molar-refractivity contribution in [3.05, 3.63) is 64.7 Å². The molecule has 0 atom stereocenters. The average Bonchev–Trinajstić information content (AvgIpc) is 3.01. The van der Waals surface area contributed by atoms with E-state index in [0.717, 1.165) is 11.3 Å². The van der Waals surface area contributed by atoms with Crippen LogP contribution in [0.5, 0.6) is 0 Å². The molecule has 2 heterocycles. The van der Waals surface area contributed by atoms with E-state index in [-0.39, 0.29) is 11.6 Å². The molecule has 0 aliphatic heterocycles. The number of anilines is 1. The van der Waals surface area contributed by atoms with E-state index in [2.05, 4.69) is 31.2 Å². The van der Waals surface area contributed by atoms with Crippen molar-refractivity contribution in [2.75, 3.05) is 5.32 Å². The van der Waals surface area contributed by atoms with Crippen molar-refractivity contribution >= 4 is 27.5 Å². The maximum atomic E-state index is 12.2. The molecule has 1 amide bonds. The molecule has 110 valence electrons. The molecule has 5 nitrogen and oxygen atoms in total. The van der Waals surface area contributed by atoms with Gasteiger partial charge in [-0.3, -0.25) is 4.79 Å². The Hall–Kier alpha value is -2.47. The minimum atomic E-state index is -0.350. The quantitative estimate of drug-likeness (QED) is 0.717. The highest BCUT2D eigenvalue weighted by Gasteiger charge is 2.15. The molecule has 0 aliphatic rings. The Morgan fingerprint density at radius 1 is 1.14 bits per heavy atom. The Kier molecular flexibility index (Phi) is 4.02. The molecule has 0 saturated heterocycles. The molecule has 22 heavy (non-hydrogen) atoms. The highest BCUT2D eigenvalue weighted by molar-refractivity contribution is 9.10. The van der Waals surface area contributed by atoms with Crippen molar-refractivity contribution in [1.82, 2.24) is 9.97 Å². The van der Waals surface area contributed by atoms with Crippen molar-refractivity contribution in [3.8, 4) is 11.5 Å². The van der Waals surface area contributed by atoms with Gasteiger partial charge in [0.05, 0.1) is 5.69 Å². The van der Waals surface area contributed by atoms with E-state index >= 15 is 0 Å². The summed E-state index contributed by atoms with van der Waals surface area (Å²) in [6, 6.07) is 13.0. The Morgan fingerprint density at radius 3 is 2.64 bits per heavy atom. The van der Waals surface area contributed by atoms with Gasteiger partial charge in [-0.1, -0.05) is 18.2 Å². The fourth-order valence-electron chi connectivity index (χ4n) is 1.90. The standard InChI is InChI=1S/C16H12BrN3O2/c1-10-7-8-12(14(17)18-10)19-15(21)13-9-22-16(20-13)11-5-3-2-4-6-11/h2-9H,1H3,(H,19,21). The normalized spacial score (nSPS) is 10.5. The van der Waals surface area contributed by atoms with Crippen LogP contribution in [0, 0.1) is 6.92 Å². The van der Waals surface area contributed by atoms with Crippen LogP contribution in [0.15, 0.2) is 57.7 Å². The Morgan fingerprint density at radius 2 is 1.91 bits per heavy atom. The smallest absolute Gasteiger partial charge is 0.277 e. The lowest BCUT2D eigenvalue weighted by molar-refractivity contribution is 0.102. The van der Waals surface area contributed by atoms with E-state index < -0.39 is 0 Å². The van der Waals surface area contributed by atoms with E-state index in [9.17, 15) is 4.79 Å². The predicted molar refractivity (Wildman–Crippen MR) is 86.6 cm³/mol. The SMILES string of the molecule is Cc1ccc(NC(=O)c2coc(-c3ccccc3)n2)c(Br)n1. The van der Waals surface area contributed by atoms with Gasteiger partial charge < -0.3 is 9.73 Å². The van der Waals surface area contributed by atoms with Crippen molar-refractivity contribution in [3.63, 3.8) is 0 Å². The third-order valence-electron chi connectivity index (χ3n) is 2.99. The zero-order chi connectivity index (χ0) is 15.5. The first kappa shape index (κ1) is 14.5. The second kappa shape index (κ2) is 6.11. The maximum absolute atomic E-state index is 12.2. The third kappa shape index (κ3) is 3.07. The number of carbonyl (C=O) groups is 1. The van der Waals surface area contributed by atoms with Gasteiger partial charge in [-0.25, -0.2) is 9.97 Å². The Bertz CT molecular complexity index is 815. The topological polar surface area (TPSA) is 68.0 Å². The van der Waals surface area contributed by atoms with E-state index in [1.165, 1.54) is 6.26 Å². The van der Waals surface area contributed by atoms with Crippen LogP contribution in [0.4, 0.5) is 5.69 Å². The number of nitrogens with one attached hydrogen (secondary N) is 1. The fourth-order valence-corrected chi connectivity index (χ4v) is 2.41. The summed E-state index contributed by atoms with van der Waals surface area (Å²) < 4.78 is 5.94. The number of carbonyl (C=O) groups excluding carboxylic acids is 1. The first-order valence-electron chi connectivity index (χ1n) is 6.59. The number of aromatic nitrogens is 2. The summed E-state index contributed by atoms with van der Waals surface area (Å²) in [5.41, 5.74) is 2.48. The summed E-state index contributed by atoms with van der Waals surface area (Å²) in [5.74, 6) is 0.0594. The van der Waals surface area contributed by atoms with Gasteiger partial charge in [0.15, 0.2) is 5.69 Å². The highest BCUT2D eigenvalue weighted by Crippen LogP contribution is 2.22. The van der Waals surface area contributed by atoms with Crippen LogP contribution in [0.1, 0.15) is 16.2 Å².